The lowest BCUT2D eigenvalue weighted by molar-refractivity contribution is -0.141. The lowest BCUT2D eigenvalue weighted by Crippen LogP contribution is -2.29. The fourth-order valence-corrected chi connectivity index (χ4v) is 4.47. The molecule has 150 valence electrons. The molecule has 28 heavy (non-hydrogen) atoms. The highest BCUT2D eigenvalue weighted by Gasteiger charge is 2.31. The molecule has 1 aliphatic rings. The number of nitrogens with zero attached hydrogens (tertiary/aromatic N) is 1. The lowest BCUT2D eigenvalue weighted by atomic mass is 10.1. The van der Waals surface area contributed by atoms with Crippen LogP contribution in [0, 0.1) is 12.8 Å². The van der Waals surface area contributed by atoms with Gasteiger partial charge in [-0.2, -0.15) is 0 Å². The van der Waals surface area contributed by atoms with Crippen molar-refractivity contribution in [1.29, 1.82) is 0 Å². The van der Waals surface area contributed by atoms with Crippen LogP contribution < -0.4 is 0 Å². The second-order valence-electron chi connectivity index (χ2n) is 6.84. The van der Waals surface area contributed by atoms with Gasteiger partial charge in [-0.05, 0) is 43.2 Å². The van der Waals surface area contributed by atoms with Crippen molar-refractivity contribution < 1.29 is 23.1 Å². The Morgan fingerprint density at radius 3 is 2.21 bits per heavy atom. The van der Waals surface area contributed by atoms with Crippen molar-refractivity contribution in [3.8, 4) is 0 Å². The number of halogens is 1. The third-order valence-electron chi connectivity index (χ3n) is 4.76. The normalized spacial score (nSPS) is 16.5. The number of sulfone groups is 1. The van der Waals surface area contributed by atoms with E-state index in [0.717, 1.165) is 5.56 Å². The Morgan fingerprint density at radius 2 is 1.68 bits per heavy atom. The maximum Gasteiger partial charge on any atom is 0.308 e. The first-order valence-corrected chi connectivity index (χ1v) is 10.3. The number of amides is 1. The van der Waals surface area contributed by atoms with Gasteiger partial charge in [0.1, 0.15) is 0 Å². The van der Waals surface area contributed by atoms with Gasteiger partial charge < -0.3 is 10.0 Å². The molecule has 1 fully saturated rings. The zero-order chi connectivity index (χ0) is 19.6. The lowest BCUT2D eigenvalue weighted by Gasteiger charge is -2.16. The van der Waals surface area contributed by atoms with Gasteiger partial charge in [0.05, 0.1) is 16.6 Å². The van der Waals surface area contributed by atoms with Gasteiger partial charge in [-0.3, -0.25) is 9.59 Å². The molecule has 2 aromatic carbocycles. The number of benzene rings is 2. The molecule has 0 saturated carbocycles. The molecule has 0 spiro atoms. The Bertz CT molecular complexity index is 955. The van der Waals surface area contributed by atoms with Crippen LogP contribution in [0.25, 0.3) is 0 Å². The molecule has 8 heteroatoms. The average molecular weight is 424 g/mol. The van der Waals surface area contributed by atoms with Crippen LogP contribution in [-0.4, -0.2) is 43.4 Å². The Morgan fingerprint density at radius 1 is 1.07 bits per heavy atom. The average Bonchev–Trinajstić information content (AvgIpc) is 3.12. The molecule has 1 heterocycles. The zero-order valence-electron chi connectivity index (χ0n) is 15.4. The van der Waals surface area contributed by atoms with E-state index in [9.17, 15) is 18.0 Å². The van der Waals surface area contributed by atoms with E-state index in [4.69, 9.17) is 5.11 Å². The van der Waals surface area contributed by atoms with Crippen LogP contribution in [0.15, 0.2) is 53.4 Å². The molecule has 6 nitrogen and oxygen atoms in total. The van der Waals surface area contributed by atoms with Gasteiger partial charge in [-0.25, -0.2) is 8.42 Å². The van der Waals surface area contributed by atoms with E-state index < -0.39 is 21.7 Å². The zero-order valence-corrected chi connectivity index (χ0v) is 17.0. The van der Waals surface area contributed by atoms with Crippen LogP contribution in [-0.2, 0) is 20.4 Å². The van der Waals surface area contributed by atoms with Gasteiger partial charge in [0, 0.05) is 18.7 Å². The molecule has 1 aliphatic heterocycles. The maximum absolute atomic E-state index is 12.5. The topological polar surface area (TPSA) is 91.8 Å². The van der Waals surface area contributed by atoms with Gasteiger partial charge >= 0.3 is 5.97 Å². The number of likely N-dealkylation sites (tertiary alicyclic amines) is 1. The number of aryl methyl sites for hydroxylation is 1. The van der Waals surface area contributed by atoms with E-state index in [2.05, 4.69) is 0 Å². The monoisotopic (exact) mass is 423 g/mol. The molecule has 1 saturated heterocycles. The van der Waals surface area contributed by atoms with Crippen molar-refractivity contribution in [2.45, 2.75) is 24.0 Å². The smallest absolute Gasteiger partial charge is 0.308 e. The van der Waals surface area contributed by atoms with Crippen LogP contribution in [0.1, 0.15) is 27.9 Å². The SMILES string of the molecule is Cc1ccc(S(=O)(=O)Cc2ccc(C(=O)N3CCC(C(=O)O)C3)cc2)cc1.Cl. The van der Waals surface area contributed by atoms with Crippen molar-refractivity contribution in [3.05, 3.63) is 65.2 Å². The first-order chi connectivity index (χ1) is 12.8. The van der Waals surface area contributed by atoms with Crippen molar-refractivity contribution in [2.24, 2.45) is 5.92 Å². The molecule has 0 aromatic heterocycles. The van der Waals surface area contributed by atoms with Gasteiger partial charge in [0.2, 0.25) is 0 Å². The molecule has 1 amide bonds. The van der Waals surface area contributed by atoms with Crippen molar-refractivity contribution in [3.63, 3.8) is 0 Å². The summed E-state index contributed by atoms with van der Waals surface area (Å²) < 4.78 is 25.0. The first kappa shape index (κ1) is 21.9. The van der Waals surface area contributed by atoms with Gasteiger partial charge in [-0.15, -0.1) is 12.4 Å². The second kappa shape index (κ2) is 8.75. The Balaban J connectivity index is 0.00000280. The quantitative estimate of drug-likeness (QED) is 0.798. The van der Waals surface area contributed by atoms with E-state index in [1.165, 1.54) is 4.90 Å². The highest BCUT2D eigenvalue weighted by atomic mass is 35.5. The molecule has 2 aromatic rings. The molecular weight excluding hydrogens is 402 g/mol. The minimum atomic E-state index is -3.46. The minimum Gasteiger partial charge on any atom is -0.481 e. The summed E-state index contributed by atoms with van der Waals surface area (Å²) in [6.45, 7) is 2.52. The summed E-state index contributed by atoms with van der Waals surface area (Å²) in [7, 11) is -3.46. The second-order valence-corrected chi connectivity index (χ2v) is 8.83. The van der Waals surface area contributed by atoms with Crippen LogP contribution in [0.4, 0.5) is 0 Å². The third-order valence-corrected chi connectivity index (χ3v) is 6.47. The summed E-state index contributed by atoms with van der Waals surface area (Å²) in [5.41, 5.74) is 2.01. The van der Waals surface area contributed by atoms with E-state index in [1.807, 2.05) is 6.92 Å². The molecule has 0 bridgehead atoms. The van der Waals surface area contributed by atoms with Crippen molar-refractivity contribution in [2.75, 3.05) is 13.1 Å². The fourth-order valence-electron chi connectivity index (χ4n) is 3.12. The Kier molecular flexibility index (Phi) is 6.85. The van der Waals surface area contributed by atoms with Crippen LogP contribution in [0.3, 0.4) is 0 Å². The molecule has 3 rings (SSSR count). The summed E-state index contributed by atoms with van der Waals surface area (Å²) in [5, 5.41) is 9.04. The van der Waals surface area contributed by atoms with E-state index in [0.29, 0.717) is 24.1 Å². The van der Waals surface area contributed by atoms with Crippen LogP contribution in [0.2, 0.25) is 0 Å². The highest BCUT2D eigenvalue weighted by molar-refractivity contribution is 7.90. The standard InChI is InChI=1S/C20H21NO5S.ClH/c1-14-2-8-18(9-3-14)27(25,26)13-15-4-6-16(7-5-15)19(22)21-11-10-17(12-21)20(23)24;/h2-9,17H,10-13H2,1H3,(H,23,24);1H. The number of hydrogen-bond donors (Lipinski definition) is 1. The molecule has 1 N–H and O–H groups in total. The number of carbonyl (C=O) groups excluding carboxylic acids is 1. The predicted molar refractivity (Wildman–Crippen MR) is 107 cm³/mol. The van der Waals surface area contributed by atoms with E-state index in [1.54, 1.807) is 48.5 Å². The molecule has 0 aliphatic carbocycles. The summed E-state index contributed by atoms with van der Waals surface area (Å²) >= 11 is 0. The number of carbonyl (C=O) groups is 2. The van der Waals surface area contributed by atoms with E-state index in [-0.39, 0.29) is 35.5 Å². The summed E-state index contributed by atoms with van der Waals surface area (Å²) in [6.07, 6.45) is 0.452. The number of rotatable bonds is 5. The Hall–Kier alpha value is -2.38. The van der Waals surface area contributed by atoms with Gasteiger partial charge in [-0.1, -0.05) is 29.8 Å². The number of aliphatic carboxylic acids is 1. The largest absolute Gasteiger partial charge is 0.481 e. The van der Waals surface area contributed by atoms with Crippen LogP contribution in [0.5, 0.6) is 0 Å². The first-order valence-electron chi connectivity index (χ1n) is 8.67. The Labute approximate surface area is 170 Å². The summed E-state index contributed by atoms with van der Waals surface area (Å²) in [4.78, 5) is 25.3. The predicted octanol–water partition coefficient (Wildman–Crippen LogP) is 2.94. The van der Waals surface area contributed by atoms with Gasteiger partial charge in [0.15, 0.2) is 9.84 Å². The highest BCUT2D eigenvalue weighted by Crippen LogP contribution is 2.21. The fraction of sp³-hybridized carbons (Fsp3) is 0.300. The molecule has 0 radical (unpaired) electrons. The third kappa shape index (κ3) is 4.91. The number of hydrogen-bond acceptors (Lipinski definition) is 4. The summed E-state index contributed by atoms with van der Waals surface area (Å²) in [5.74, 6) is -1.78. The number of carboxylic acids is 1. The summed E-state index contributed by atoms with van der Waals surface area (Å²) in [6, 6.07) is 13.1. The van der Waals surface area contributed by atoms with E-state index >= 15 is 0 Å². The maximum atomic E-state index is 12.5. The number of carboxylic acid groups (broad SMARTS) is 1. The molecule has 1 unspecified atom stereocenters. The van der Waals surface area contributed by atoms with Gasteiger partial charge in [0.25, 0.3) is 5.91 Å². The van der Waals surface area contributed by atoms with Crippen LogP contribution >= 0.6 is 12.4 Å². The molecule has 1 atom stereocenters. The minimum absolute atomic E-state index is 0. The molecular formula is C20H22ClNO5S. The van der Waals surface area contributed by atoms with Crippen molar-refractivity contribution in [1.82, 2.24) is 4.90 Å². The van der Waals surface area contributed by atoms with Crippen molar-refractivity contribution >= 4 is 34.1 Å².